The number of piperidine rings is 1. The van der Waals surface area contributed by atoms with Gasteiger partial charge in [0.15, 0.2) is 0 Å². The van der Waals surface area contributed by atoms with Crippen molar-refractivity contribution < 1.29 is 9.53 Å². The van der Waals surface area contributed by atoms with Crippen molar-refractivity contribution in [2.45, 2.75) is 25.8 Å². The van der Waals surface area contributed by atoms with Crippen LogP contribution in [-0.2, 0) is 9.53 Å². The molecule has 4 nitrogen and oxygen atoms in total. The lowest BCUT2D eigenvalue weighted by Gasteiger charge is -2.36. The number of hydrogen-bond donors (Lipinski definition) is 1. The van der Waals surface area contributed by atoms with Crippen LogP contribution in [-0.4, -0.2) is 49.7 Å². The number of carbonyl (C=O) groups is 1. The van der Waals surface area contributed by atoms with Crippen LogP contribution in [0.5, 0.6) is 0 Å². The molecule has 0 spiro atoms. The number of carbonyl (C=O) groups excluding carboxylic acids is 1. The van der Waals surface area contributed by atoms with E-state index in [1.165, 1.54) is 0 Å². The van der Waals surface area contributed by atoms with Gasteiger partial charge in [0.2, 0.25) is 5.91 Å². The zero-order chi connectivity index (χ0) is 10.7. The second-order valence-electron chi connectivity index (χ2n) is 4.50. The third-order valence-corrected chi connectivity index (χ3v) is 3.30. The van der Waals surface area contributed by atoms with E-state index in [1.54, 1.807) is 0 Å². The molecule has 1 amide bonds. The van der Waals surface area contributed by atoms with Gasteiger partial charge >= 0.3 is 0 Å². The van der Waals surface area contributed by atoms with Crippen molar-refractivity contribution in [1.29, 1.82) is 0 Å². The van der Waals surface area contributed by atoms with Gasteiger partial charge in [-0.3, -0.25) is 4.79 Å². The van der Waals surface area contributed by atoms with Gasteiger partial charge in [0, 0.05) is 13.1 Å². The standard InChI is InChI=1S/C11H20N2O2.ClH/c1-9-8-15-6-5-13(9)11(14)10-3-2-4-12-7-10;/h9-10,12H,2-8H2,1H3;1H/t9?,10-;/m1./s1. The van der Waals surface area contributed by atoms with E-state index in [0.29, 0.717) is 19.1 Å². The molecule has 2 aliphatic heterocycles. The summed E-state index contributed by atoms with van der Waals surface area (Å²) in [6, 6.07) is 0.244. The van der Waals surface area contributed by atoms with Crippen LogP contribution in [0.4, 0.5) is 0 Å². The Morgan fingerprint density at radius 1 is 1.50 bits per heavy atom. The van der Waals surface area contributed by atoms with Crippen molar-refractivity contribution in [3.8, 4) is 0 Å². The lowest BCUT2D eigenvalue weighted by molar-refractivity contribution is -0.144. The van der Waals surface area contributed by atoms with Crippen molar-refractivity contribution in [3.05, 3.63) is 0 Å². The molecular formula is C11H21ClN2O2. The summed E-state index contributed by atoms with van der Waals surface area (Å²) >= 11 is 0. The quantitative estimate of drug-likeness (QED) is 0.741. The van der Waals surface area contributed by atoms with Gasteiger partial charge < -0.3 is 15.0 Å². The fourth-order valence-electron chi connectivity index (χ4n) is 2.35. The number of halogens is 1. The Kier molecular flexibility index (Phi) is 5.52. The smallest absolute Gasteiger partial charge is 0.227 e. The fourth-order valence-corrected chi connectivity index (χ4v) is 2.35. The summed E-state index contributed by atoms with van der Waals surface area (Å²) in [5.41, 5.74) is 0. The van der Waals surface area contributed by atoms with Crippen molar-refractivity contribution in [2.75, 3.05) is 32.8 Å². The Balaban J connectivity index is 0.00000128. The number of nitrogens with zero attached hydrogens (tertiary/aromatic N) is 1. The topological polar surface area (TPSA) is 41.6 Å². The first-order valence-electron chi connectivity index (χ1n) is 5.88. The number of ether oxygens (including phenoxy) is 1. The van der Waals surface area contributed by atoms with Crippen molar-refractivity contribution in [1.82, 2.24) is 10.2 Å². The van der Waals surface area contributed by atoms with E-state index in [1.807, 2.05) is 4.90 Å². The van der Waals surface area contributed by atoms with Gasteiger partial charge in [-0.1, -0.05) is 0 Å². The normalized spacial score (nSPS) is 30.7. The van der Waals surface area contributed by atoms with Crippen molar-refractivity contribution in [3.63, 3.8) is 0 Å². The molecule has 0 aromatic heterocycles. The molecule has 2 atom stereocenters. The van der Waals surface area contributed by atoms with Crippen molar-refractivity contribution in [2.24, 2.45) is 5.92 Å². The minimum absolute atomic E-state index is 0. The summed E-state index contributed by atoms with van der Waals surface area (Å²) in [6.07, 6.45) is 2.16. The molecule has 1 N–H and O–H groups in total. The molecule has 1 unspecified atom stereocenters. The molecule has 0 radical (unpaired) electrons. The molecule has 2 saturated heterocycles. The van der Waals surface area contributed by atoms with Crippen LogP contribution in [0.1, 0.15) is 19.8 Å². The molecule has 5 heteroatoms. The third kappa shape index (κ3) is 3.09. The molecule has 94 valence electrons. The molecule has 0 aromatic rings. The van der Waals surface area contributed by atoms with Crippen molar-refractivity contribution >= 4 is 18.3 Å². The number of hydrogen-bond acceptors (Lipinski definition) is 3. The Labute approximate surface area is 103 Å². The Hall–Kier alpha value is -0.320. The largest absolute Gasteiger partial charge is 0.377 e. The summed E-state index contributed by atoms with van der Waals surface area (Å²) in [5, 5.41) is 3.29. The van der Waals surface area contributed by atoms with Gasteiger partial charge in [-0.25, -0.2) is 0 Å². The van der Waals surface area contributed by atoms with E-state index in [0.717, 1.165) is 32.5 Å². The van der Waals surface area contributed by atoms with E-state index in [4.69, 9.17) is 4.74 Å². The molecule has 0 bridgehead atoms. The number of rotatable bonds is 1. The average molecular weight is 249 g/mol. The Bertz CT molecular complexity index is 232. The van der Waals surface area contributed by atoms with Gasteiger partial charge in [-0.2, -0.15) is 0 Å². The van der Waals surface area contributed by atoms with E-state index in [-0.39, 0.29) is 24.4 Å². The van der Waals surface area contributed by atoms with E-state index in [9.17, 15) is 4.79 Å². The van der Waals surface area contributed by atoms with Gasteiger partial charge in [0.25, 0.3) is 0 Å². The van der Waals surface area contributed by atoms with E-state index >= 15 is 0 Å². The predicted octanol–water partition coefficient (Wildman–Crippen LogP) is 0.655. The predicted molar refractivity (Wildman–Crippen MR) is 64.8 cm³/mol. The van der Waals surface area contributed by atoms with Gasteiger partial charge in [-0.05, 0) is 26.3 Å². The first-order valence-corrected chi connectivity index (χ1v) is 5.88. The summed E-state index contributed by atoms with van der Waals surface area (Å²) in [6.45, 7) is 6.11. The minimum Gasteiger partial charge on any atom is -0.377 e. The third-order valence-electron chi connectivity index (χ3n) is 3.30. The van der Waals surface area contributed by atoms with Crippen LogP contribution < -0.4 is 5.32 Å². The van der Waals surface area contributed by atoms with Gasteiger partial charge in [0.05, 0.1) is 25.2 Å². The number of morpholine rings is 1. The highest BCUT2D eigenvalue weighted by molar-refractivity contribution is 5.85. The van der Waals surface area contributed by atoms with E-state index in [2.05, 4.69) is 12.2 Å². The summed E-state index contributed by atoms with van der Waals surface area (Å²) in [4.78, 5) is 14.2. The summed E-state index contributed by atoms with van der Waals surface area (Å²) in [7, 11) is 0. The average Bonchev–Trinajstić information content (AvgIpc) is 2.30. The first-order chi connectivity index (χ1) is 7.29. The molecular weight excluding hydrogens is 228 g/mol. The van der Waals surface area contributed by atoms with Crippen LogP contribution in [0, 0.1) is 5.92 Å². The SMILES string of the molecule is CC1COCCN1C(=O)[C@@H]1CCCNC1.Cl. The Morgan fingerprint density at radius 3 is 2.94 bits per heavy atom. The van der Waals surface area contributed by atoms with Crippen LogP contribution in [0.2, 0.25) is 0 Å². The highest BCUT2D eigenvalue weighted by Crippen LogP contribution is 2.16. The maximum atomic E-state index is 12.2. The molecule has 2 fully saturated rings. The van der Waals surface area contributed by atoms with Gasteiger partial charge in [-0.15, -0.1) is 12.4 Å². The van der Waals surface area contributed by atoms with Crippen LogP contribution >= 0.6 is 12.4 Å². The second-order valence-corrected chi connectivity index (χ2v) is 4.50. The molecule has 0 saturated carbocycles. The molecule has 2 heterocycles. The molecule has 0 aliphatic carbocycles. The molecule has 2 aliphatic rings. The number of nitrogens with one attached hydrogen (secondary N) is 1. The summed E-state index contributed by atoms with van der Waals surface area (Å²) < 4.78 is 5.34. The second kappa shape index (κ2) is 6.42. The highest BCUT2D eigenvalue weighted by Gasteiger charge is 2.30. The first kappa shape index (κ1) is 13.7. The molecule has 16 heavy (non-hydrogen) atoms. The monoisotopic (exact) mass is 248 g/mol. The summed E-state index contributed by atoms with van der Waals surface area (Å²) in [5.74, 6) is 0.511. The van der Waals surface area contributed by atoms with Gasteiger partial charge in [0.1, 0.15) is 0 Å². The zero-order valence-corrected chi connectivity index (χ0v) is 10.6. The van der Waals surface area contributed by atoms with Crippen LogP contribution in [0.25, 0.3) is 0 Å². The number of amides is 1. The molecule has 0 aromatic carbocycles. The Morgan fingerprint density at radius 2 is 2.31 bits per heavy atom. The highest BCUT2D eigenvalue weighted by atomic mass is 35.5. The minimum atomic E-state index is 0. The fraction of sp³-hybridized carbons (Fsp3) is 0.909. The lowest BCUT2D eigenvalue weighted by Crippen LogP contribution is -2.51. The van der Waals surface area contributed by atoms with E-state index < -0.39 is 0 Å². The van der Waals surface area contributed by atoms with Crippen LogP contribution in [0.15, 0.2) is 0 Å². The maximum absolute atomic E-state index is 12.2. The molecule has 2 rings (SSSR count). The maximum Gasteiger partial charge on any atom is 0.227 e. The van der Waals surface area contributed by atoms with Crippen LogP contribution in [0.3, 0.4) is 0 Å². The lowest BCUT2D eigenvalue weighted by atomic mass is 9.97. The zero-order valence-electron chi connectivity index (χ0n) is 9.78.